The number of thiazole rings is 1. The van der Waals surface area contributed by atoms with Crippen LogP contribution in [0, 0.1) is 6.92 Å². The van der Waals surface area contributed by atoms with Gasteiger partial charge in [-0.15, -0.1) is 11.3 Å². The molecule has 1 atom stereocenters. The van der Waals surface area contributed by atoms with E-state index in [1.807, 2.05) is 45.0 Å². The largest absolute Gasteiger partial charge is 0.494 e. The molecule has 0 bridgehead atoms. The third kappa shape index (κ3) is 5.69. The van der Waals surface area contributed by atoms with Crippen molar-refractivity contribution >= 4 is 23.3 Å². The number of rotatable bonds is 8. The predicted molar refractivity (Wildman–Crippen MR) is 112 cm³/mol. The van der Waals surface area contributed by atoms with E-state index in [-0.39, 0.29) is 12.0 Å². The number of ether oxygens (including phenoxy) is 2. The zero-order valence-corrected chi connectivity index (χ0v) is 17.9. The highest BCUT2D eigenvalue weighted by molar-refractivity contribution is 7.13. The summed E-state index contributed by atoms with van der Waals surface area (Å²) in [4.78, 5) is 21.3. The Hall–Kier alpha value is -2.61. The van der Waals surface area contributed by atoms with Crippen molar-refractivity contribution in [2.24, 2.45) is 4.99 Å². The lowest BCUT2D eigenvalue weighted by Gasteiger charge is -2.17. The molecule has 0 saturated heterocycles. The van der Waals surface area contributed by atoms with Crippen LogP contribution >= 0.6 is 11.3 Å². The first-order chi connectivity index (χ1) is 13.5. The van der Waals surface area contributed by atoms with Crippen LogP contribution in [0.25, 0.3) is 0 Å². The van der Waals surface area contributed by atoms with E-state index >= 15 is 0 Å². The van der Waals surface area contributed by atoms with Gasteiger partial charge in [0.25, 0.3) is 0 Å². The molecular weight excluding hydrogens is 376 g/mol. The molecule has 1 heterocycles. The van der Waals surface area contributed by atoms with Gasteiger partial charge in [-0.1, -0.05) is 18.2 Å². The van der Waals surface area contributed by atoms with Crippen LogP contribution in [-0.4, -0.2) is 37.2 Å². The van der Waals surface area contributed by atoms with Crippen LogP contribution in [0.1, 0.15) is 52.7 Å². The molecule has 8 heteroatoms. The summed E-state index contributed by atoms with van der Waals surface area (Å²) in [6.45, 7) is 9.09. The average molecular weight is 405 g/mol. The van der Waals surface area contributed by atoms with Crippen molar-refractivity contribution in [1.82, 2.24) is 15.6 Å². The minimum Gasteiger partial charge on any atom is -0.494 e. The molecule has 2 N–H and O–H groups in total. The molecule has 0 aliphatic heterocycles. The van der Waals surface area contributed by atoms with Gasteiger partial charge in [0.05, 0.1) is 24.9 Å². The van der Waals surface area contributed by atoms with E-state index in [0.717, 1.165) is 16.3 Å². The maximum absolute atomic E-state index is 12.0. The maximum atomic E-state index is 12.0. The Morgan fingerprint density at radius 1 is 1.29 bits per heavy atom. The van der Waals surface area contributed by atoms with Gasteiger partial charge in [-0.2, -0.15) is 0 Å². The second kappa shape index (κ2) is 10.7. The Bertz CT molecular complexity index is 820. The molecular formula is C20H28N4O3S. The third-order valence-corrected chi connectivity index (χ3v) is 5.26. The molecule has 1 unspecified atom stereocenters. The molecule has 0 aliphatic rings. The van der Waals surface area contributed by atoms with Crippen molar-refractivity contribution in [2.75, 3.05) is 20.3 Å². The molecule has 1 aromatic heterocycles. The van der Waals surface area contributed by atoms with Gasteiger partial charge >= 0.3 is 5.97 Å². The topological polar surface area (TPSA) is 84.8 Å². The first-order valence-electron chi connectivity index (χ1n) is 9.32. The van der Waals surface area contributed by atoms with Crippen molar-refractivity contribution in [3.63, 3.8) is 0 Å². The number of carbonyl (C=O) groups is 1. The third-order valence-electron chi connectivity index (χ3n) is 3.94. The molecule has 0 radical (unpaired) electrons. The van der Waals surface area contributed by atoms with Gasteiger partial charge in [-0.05, 0) is 33.8 Å². The Labute approximate surface area is 170 Å². The first kappa shape index (κ1) is 21.7. The van der Waals surface area contributed by atoms with Crippen LogP contribution in [0.5, 0.6) is 5.75 Å². The van der Waals surface area contributed by atoms with Gasteiger partial charge in [0.1, 0.15) is 15.6 Å². The second-order valence-corrected chi connectivity index (χ2v) is 7.05. The van der Waals surface area contributed by atoms with E-state index in [4.69, 9.17) is 9.47 Å². The quantitative estimate of drug-likeness (QED) is 0.398. The summed E-state index contributed by atoms with van der Waals surface area (Å²) in [7, 11) is 1.72. The summed E-state index contributed by atoms with van der Waals surface area (Å²) in [5.41, 5.74) is 1.73. The van der Waals surface area contributed by atoms with Crippen LogP contribution < -0.4 is 15.4 Å². The lowest BCUT2D eigenvalue weighted by Crippen LogP contribution is -2.38. The molecule has 2 aromatic rings. The summed E-state index contributed by atoms with van der Waals surface area (Å²) < 4.78 is 10.7. The predicted octanol–water partition coefficient (Wildman–Crippen LogP) is 3.45. The summed E-state index contributed by atoms with van der Waals surface area (Å²) >= 11 is 1.34. The van der Waals surface area contributed by atoms with Gasteiger partial charge in [0.2, 0.25) is 0 Å². The minimum absolute atomic E-state index is 0.111. The number of para-hydroxylation sites is 1. The Kier molecular flexibility index (Phi) is 8.25. The smallest absolute Gasteiger partial charge is 0.350 e. The monoisotopic (exact) mass is 404 g/mol. The zero-order valence-electron chi connectivity index (χ0n) is 17.0. The van der Waals surface area contributed by atoms with Crippen LogP contribution in [0.4, 0.5) is 0 Å². The summed E-state index contributed by atoms with van der Waals surface area (Å²) in [6.07, 6.45) is 0. The number of aliphatic imine (C=N–C) groups is 1. The number of guanidine groups is 1. The minimum atomic E-state index is -0.328. The highest BCUT2D eigenvalue weighted by atomic mass is 32.1. The van der Waals surface area contributed by atoms with Gasteiger partial charge < -0.3 is 20.1 Å². The summed E-state index contributed by atoms with van der Waals surface area (Å²) in [6, 6.07) is 7.79. The van der Waals surface area contributed by atoms with E-state index < -0.39 is 0 Å². The number of carbonyl (C=O) groups excluding carboxylic acids is 1. The Morgan fingerprint density at radius 2 is 2.04 bits per heavy atom. The van der Waals surface area contributed by atoms with E-state index in [2.05, 4.69) is 20.6 Å². The maximum Gasteiger partial charge on any atom is 0.350 e. The SMILES string of the molecule is CCOC(=O)c1sc(C(C)NC(=NC)NCc2ccccc2OCC)nc1C. The highest BCUT2D eigenvalue weighted by Gasteiger charge is 2.20. The molecule has 7 nitrogen and oxygen atoms in total. The molecule has 2 rings (SSSR count). The van der Waals surface area contributed by atoms with Gasteiger partial charge in [0.15, 0.2) is 5.96 Å². The number of benzene rings is 1. The van der Waals surface area contributed by atoms with Crippen LogP contribution in [0.3, 0.4) is 0 Å². The standard InChI is InChI=1S/C20H28N4O3S/c1-6-26-16-11-9-8-10-15(16)12-22-20(21-5)24-14(4)18-23-13(3)17(28-18)19(25)27-7-2/h8-11,14H,6-7,12H2,1-5H3,(H2,21,22,24). The van der Waals surface area contributed by atoms with Crippen molar-refractivity contribution in [3.8, 4) is 5.75 Å². The molecule has 0 aliphatic carbocycles. The van der Waals surface area contributed by atoms with Crippen LogP contribution in [-0.2, 0) is 11.3 Å². The lowest BCUT2D eigenvalue weighted by atomic mass is 10.2. The number of aryl methyl sites for hydroxylation is 1. The van der Waals surface area contributed by atoms with E-state index in [9.17, 15) is 4.79 Å². The average Bonchev–Trinajstić information content (AvgIpc) is 3.08. The van der Waals surface area contributed by atoms with Crippen LogP contribution in [0.2, 0.25) is 0 Å². The van der Waals surface area contributed by atoms with E-state index in [1.165, 1.54) is 11.3 Å². The summed E-state index contributed by atoms with van der Waals surface area (Å²) in [5.74, 6) is 1.17. The molecule has 0 fully saturated rings. The fourth-order valence-electron chi connectivity index (χ4n) is 2.58. The molecule has 152 valence electrons. The lowest BCUT2D eigenvalue weighted by molar-refractivity contribution is 0.0531. The number of nitrogens with one attached hydrogen (secondary N) is 2. The van der Waals surface area contributed by atoms with Crippen molar-refractivity contribution in [3.05, 3.63) is 45.4 Å². The molecule has 0 saturated carbocycles. The fraction of sp³-hybridized carbons (Fsp3) is 0.450. The van der Waals surface area contributed by atoms with E-state index in [1.54, 1.807) is 14.0 Å². The van der Waals surface area contributed by atoms with Crippen LogP contribution in [0.15, 0.2) is 29.3 Å². The highest BCUT2D eigenvalue weighted by Crippen LogP contribution is 2.24. The number of aromatic nitrogens is 1. The number of hydrogen-bond donors (Lipinski definition) is 2. The molecule has 0 amide bonds. The molecule has 28 heavy (non-hydrogen) atoms. The van der Waals surface area contributed by atoms with Gasteiger partial charge in [-0.3, -0.25) is 4.99 Å². The number of esters is 1. The summed E-state index contributed by atoms with van der Waals surface area (Å²) in [5, 5.41) is 7.41. The first-order valence-corrected chi connectivity index (χ1v) is 10.1. The van der Waals surface area contributed by atoms with Gasteiger partial charge in [-0.25, -0.2) is 9.78 Å². The second-order valence-electron chi connectivity index (χ2n) is 6.02. The van der Waals surface area contributed by atoms with Gasteiger partial charge in [0, 0.05) is 19.2 Å². The Morgan fingerprint density at radius 3 is 2.71 bits per heavy atom. The molecule has 1 aromatic carbocycles. The van der Waals surface area contributed by atoms with Crippen molar-refractivity contribution in [1.29, 1.82) is 0 Å². The normalized spacial score (nSPS) is 12.4. The van der Waals surface area contributed by atoms with Crippen molar-refractivity contribution < 1.29 is 14.3 Å². The van der Waals surface area contributed by atoms with E-state index in [0.29, 0.717) is 36.3 Å². The number of hydrogen-bond acceptors (Lipinski definition) is 6. The van der Waals surface area contributed by atoms with Crippen molar-refractivity contribution in [2.45, 2.75) is 40.3 Å². The molecule has 0 spiro atoms. The zero-order chi connectivity index (χ0) is 20.5. The fourth-order valence-corrected chi connectivity index (χ4v) is 3.54. The Balaban J connectivity index is 2.01. The number of nitrogens with zero attached hydrogens (tertiary/aromatic N) is 2.